The van der Waals surface area contributed by atoms with E-state index in [1.54, 1.807) is 31.4 Å². The first-order chi connectivity index (χ1) is 13.4. The molecule has 0 aliphatic rings. The number of anilines is 2. The number of nitrogens with zero attached hydrogens (tertiary/aromatic N) is 1. The highest BCUT2D eigenvalue weighted by molar-refractivity contribution is 5.95. The Morgan fingerprint density at radius 3 is 2.18 bits per heavy atom. The zero-order valence-corrected chi connectivity index (χ0v) is 16.3. The normalized spacial score (nSPS) is 10.1. The molecule has 7 heteroatoms. The van der Waals surface area contributed by atoms with Crippen molar-refractivity contribution in [2.24, 2.45) is 0 Å². The third kappa shape index (κ3) is 6.75. The lowest BCUT2D eigenvalue weighted by Crippen LogP contribution is -2.38. The summed E-state index contributed by atoms with van der Waals surface area (Å²) in [6.07, 6.45) is 0.621. The third-order valence-electron chi connectivity index (χ3n) is 4.07. The second-order valence-electron chi connectivity index (χ2n) is 6.35. The molecule has 0 aliphatic heterocycles. The highest BCUT2D eigenvalue weighted by Gasteiger charge is 2.14. The molecule has 0 unspecified atom stereocenters. The van der Waals surface area contributed by atoms with Gasteiger partial charge in [0, 0.05) is 31.8 Å². The van der Waals surface area contributed by atoms with Crippen LogP contribution in [0.25, 0.3) is 0 Å². The zero-order valence-electron chi connectivity index (χ0n) is 16.3. The Kier molecular flexibility index (Phi) is 7.56. The number of methoxy groups -OCH3 is 1. The molecule has 7 nitrogen and oxygen atoms in total. The van der Waals surface area contributed by atoms with E-state index < -0.39 is 0 Å². The Balaban J connectivity index is 1.91. The summed E-state index contributed by atoms with van der Waals surface area (Å²) in [7, 11) is 1.61. The highest BCUT2D eigenvalue weighted by atomic mass is 16.5. The van der Waals surface area contributed by atoms with Gasteiger partial charge in [-0.3, -0.25) is 14.4 Å². The van der Waals surface area contributed by atoms with Crippen molar-refractivity contribution >= 4 is 29.1 Å². The smallest absolute Gasteiger partial charge is 0.243 e. The number of ether oxygens (including phenoxy) is 1. The Bertz CT molecular complexity index is 834. The van der Waals surface area contributed by atoms with Crippen LogP contribution in [0.1, 0.15) is 19.4 Å². The third-order valence-corrected chi connectivity index (χ3v) is 4.07. The average molecular weight is 383 g/mol. The van der Waals surface area contributed by atoms with Crippen LogP contribution in [0, 0.1) is 0 Å². The fourth-order valence-electron chi connectivity index (χ4n) is 2.65. The molecule has 0 spiro atoms. The first kappa shape index (κ1) is 21.0. The Hall–Kier alpha value is -3.35. The molecule has 0 saturated carbocycles. The van der Waals surface area contributed by atoms with Gasteiger partial charge in [-0.25, -0.2) is 0 Å². The lowest BCUT2D eigenvalue weighted by molar-refractivity contribution is -0.132. The summed E-state index contributed by atoms with van der Waals surface area (Å²) in [5, 5.41) is 5.42. The summed E-state index contributed by atoms with van der Waals surface area (Å²) < 4.78 is 5.20. The van der Waals surface area contributed by atoms with Crippen LogP contribution in [0.4, 0.5) is 11.4 Å². The number of carbonyl (C=O) groups excluding carboxylic acids is 3. The molecule has 2 rings (SSSR count). The number of hydrogen-bond donors (Lipinski definition) is 2. The second kappa shape index (κ2) is 10.1. The second-order valence-corrected chi connectivity index (χ2v) is 6.35. The van der Waals surface area contributed by atoms with Crippen molar-refractivity contribution in [2.75, 3.05) is 30.8 Å². The van der Waals surface area contributed by atoms with Crippen LogP contribution in [-0.2, 0) is 20.8 Å². The molecule has 0 heterocycles. The van der Waals surface area contributed by atoms with Crippen LogP contribution < -0.4 is 15.4 Å². The molecule has 0 aliphatic carbocycles. The molecule has 0 aromatic heterocycles. The fourth-order valence-corrected chi connectivity index (χ4v) is 2.65. The number of rotatable bonds is 8. The largest absolute Gasteiger partial charge is 0.497 e. The van der Waals surface area contributed by atoms with E-state index in [1.165, 1.54) is 18.7 Å². The highest BCUT2D eigenvalue weighted by Crippen LogP contribution is 2.15. The first-order valence-electron chi connectivity index (χ1n) is 8.93. The minimum absolute atomic E-state index is 0.0350. The van der Waals surface area contributed by atoms with Crippen molar-refractivity contribution in [1.29, 1.82) is 0 Å². The van der Waals surface area contributed by atoms with Gasteiger partial charge in [0.15, 0.2) is 0 Å². The van der Waals surface area contributed by atoms with Gasteiger partial charge < -0.3 is 20.3 Å². The van der Waals surface area contributed by atoms with Gasteiger partial charge in [-0.1, -0.05) is 12.1 Å². The number of carbonyl (C=O) groups is 3. The molecule has 0 fully saturated rings. The van der Waals surface area contributed by atoms with E-state index in [0.717, 1.165) is 11.3 Å². The van der Waals surface area contributed by atoms with E-state index in [0.29, 0.717) is 24.3 Å². The van der Waals surface area contributed by atoms with E-state index >= 15 is 0 Å². The standard InChI is InChI=1S/C21H25N3O4/c1-15(25)22-18-7-9-19(10-8-18)23-21(27)14-24(16(2)26)12-11-17-5-4-6-20(13-17)28-3/h4-10,13H,11-12,14H2,1-3H3,(H,22,25)(H,23,27). The van der Waals surface area contributed by atoms with Gasteiger partial charge in [-0.15, -0.1) is 0 Å². The van der Waals surface area contributed by atoms with Crippen molar-refractivity contribution in [1.82, 2.24) is 4.90 Å². The molecule has 28 heavy (non-hydrogen) atoms. The van der Waals surface area contributed by atoms with Crippen LogP contribution in [0.3, 0.4) is 0 Å². The van der Waals surface area contributed by atoms with Gasteiger partial charge >= 0.3 is 0 Å². The summed E-state index contributed by atoms with van der Waals surface area (Å²) in [5.41, 5.74) is 2.27. The predicted octanol–water partition coefficient (Wildman–Crippen LogP) is 2.68. The SMILES string of the molecule is COc1cccc(CCN(CC(=O)Nc2ccc(NC(C)=O)cc2)C(C)=O)c1. The van der Waals surface area contributed by atoms with Crippen LogP contribution in [-0.4, -0.2) is 42.8 Å². The topological polar surface area (TPSA) is 87.7 Å². The quantitative estimate of drug-likeness (QED) is 0.734. The van der Waals surface area contributed by atoms with E-state index in [4.69, 9.17) is 4.74 Å². The maximum Gasteiger partial charge on any atom is 0.243 e. The maximum atomic E-state index is 12.3. The molecule has 2 aromatic carbocycles. The number of benzene rings is 2. The molecular weight excluding hydrogens is 358 g/mol. The van der Waals surface area contributed by atoms with Crippen molar-refractivity contribution in [3.63, 3.8) is 0 Å². The van der Waals surface area contributed by atoms with E-state index in [2.05, 4.69) is 10.6 Å². The molecule has 3 amide bonds. The predicted molar refractivity (Wildman–Crippen MR) is 108 cm³/mol. The monoisotopic (exact) mass is 383 g/mol. The molecule has 2 N–H and O–H groups in total. The molecule has 0 radical (unpaired) electrons. The van der Waals surface area contributed by atoms with E-state index in [9.17, 15) is 14.4 Å². The summed E-state index contributed by atoms with van der Waals surface area (Å²) in [5.74, 6) is 0.143. The summed E-state index contributed by atoms with van der Waals surface area (Å²) in [6.45, 7) is 3.27. The minimum Gasteiger partial charge on any atom is -0.497 e. The molecule has 2 aromatic rings. The minimum atomic E-state index is -0.284. The molecule has 0 atom stereocenters. The summed E-state index contributed by atoms with van der Waals surface area (Å²) in [6, 6.07) is 14.4. The Morgan fingerprint density at radius 2 is 1.61 bits per heavy atom. The van der Waals surface area contributed by atoms with Gasteiger partial charge in [0.2, 0.25) is 17.7 Å². The average Bonchev–Trinajstić information content (AvgIpc) is 2.66. The van der Waals surface area contributed by atoms with Gasteiger partial charge in [-0.2, -0.15) is 0 Å². The molecule has 0 saturated heterocycles. The molecular formula is C21H25N3O4. The fraction of sp³-hybridized carbons (Fsp3) is 0.286. The Morgan fingerprint density at radius 1 is 0.964 bits per heavy atom. The van der Waals surface area contributed by atoms with Crippen LogP contribution >= 0.6 is 0 Å². The van der Waals surface area contributed by atoms with Gasteiger partial charge in [0.1, 0.15) is 5.75 Å². The van der Waals surface area contributed by atoms with Crippen LogP contribution in [0.5, 0.6) is 5.75 Å². The Labute approximate surface area is 164 Å². The van der Waals surface area contributed by atoms with Crippen molar-refractivity contribution in [3.8, 4) is 5.75 Å². The van der Waals surface area contributed by atoms with Crippen molar-refractivity contribution < 1.29 is 19.1 Å². The summed E-state index contributed by atoms with van der Waals surface area (Å²) in [4.78, 5) is 36.7. The number of hydrogen-bond acceptors (Lipinski definition) is 4. The lowest BCUT2D eigenvalue weighted by Gasteiger charge is -2.20. The van der Waals surface area contributed by atoms with Crippen molar-refractivity contribution in [3.05, 3.63) is 54.1 Å². The maximum absolute atomic E-state index is 12.3. The molecule has 0 bridgehead atoms. The van der Waals surface area contributed by atoms with Gasteiger partial charge in [0.25, 0.3) is 0 Å². The van der Waals surface area contributed by atoms with E-state index in [-0.39, 0.29) is 24.3 Å². The van der Waals surface area contributed by atoms with Gasteiger partial charge in [0.05, 0.1) is 13.7 Å². The number of amides is 3. The van der Waals surface area contributed by atoms with Crippen LogP contribution in [0.2, 0.25) is 0 Å². The van der Waals surface area contributed by atoms with E-state index in [1.807, 2.05) is 24.3 Å². The summed E-state index contributed by atoms with van der Waals surface area (Å²) >= 11 is 0. The lowest BCUT2D eigenvalue weighted by atomic mass is 10.1. The molecule has 148 valence electrons. The zero-order chi connectivity index (χ0) is 20.5. The van der Waals surface area contributed by atoms with Crippen molar-refractivity contribution in [2.45, 2.75) is 20.3 Å². The van der Waals surface area contributed by atoms with Gasteiger partial charge in [-0.05, 0) is 48.4 Å². The van der Waals surface area contributed by atoms with Crippen LogP contribution in [0.15, 0.2) is 48.5 Å². The first-order valence-corrected chi connectivity index (χ1v) is 8.93. The number of nitrogens with one attached hydrogen (secondary N) is 2.